The lowest BCUT2D eigenvalue weighted by molar-refractivity contribution is 0.112. The summed E-state index contributed by atoms with van der Waals surface area (Å²) in [5.41, 5.74) is 2.07. The number of carbonyl (C=O) groups is 1. The van der Waals surface area contributed by atoms with E-state index in [1.54, 1.807) is 30.3 Å². The van der Waals surface area contributed by atoms with Gasteiger partial charge in [-0.15, -0.1) is 0 Å². The SMILES string of the molecule is CCc1cc2oc(=O)cc(COc3ccc(C=O)cc3OC)c2cc1Cl. The first kappa shape index (κ1) is 18.0. The molecule has 0 spiro atoms. The summed E-state index contributed by atoms with van der Waals surface area (Å²) in [6.45, 7) is 2.11. The van der Waals surface area contributed by atoms with Crippen molar-refractivity contribution in [3.05, 3.63) is 68.5 Å². The van der Waals surface area contributed by atoms with Gasteiger partial charge in [-0.05, 0) is 42.3 Å². The van der Waals surface area contributed by atoms with Crippen molar-refractivity contribution >= 4 is 28.9 Å². The van der Waals surface area contributed by atoms with Gasteiger partial charge in [-0.1, -0.05) is 18.5 Å². The number of halogens is 1. The van der Waals surface area contributed by atoms with E-state index in [0.29, 0.717) is 33.2 Å². The Bertz CT molecular complexity index is 1020. The molecule has 0 saturated heterocycles. The second kappa shape index (κ2) is 7.62. The Morgan fingerprint density at radius 2 is 1.92 bits per heavy atom. The number of methoxy groups -OCH3 is 1. The summed E-state index contributed by atoms with van der Waals surface area (Å²) in [6.07, 6.45) is 1.47. The Morgan fingerprint density at radius 1 is 1.12 bits per heavy atom. The maximum atomic E-state index is 11.9. The zero-order valence-corrected chi connectivity index (χ0v) is 15.1. The Morgan fingerprint density at radius 3 is 2.62 bits per heavy atom. The smallest absolute Gasteiger partial charge is 0.336 e. The predicted octanol–water partition coefficient (Wildman–Crippen LogP) is 4.41. The molecule has 0 aliphatic carbocycles. The molecule has 0 amide bonds. The number of carbonyl (C=O) groups excluding carboxylic acids is 1. The minimum absolute atomic E-state index is 0.126. The van der Waals surface area contributed by atoms with Crippen molar-refractivity contribution in [2.45, 2.75) is 20.0 Å². The van der Waals surface area contributed by atoms with Gasteiger partial charge in [-0.25, -0.2) is 4.79 Å². The molecular formula is C20H17ClO5. The average molecular weight is 373 g/mol. The van der Waals surface area contributed by atoms with Crippen molar-refractivity contribution in [2.75, 3.05) is 7.11 Å². The molecule has 0 aliphatic rings. The van der Waals surface area contributed by atoms with Crippen LogP contribution in [0.25, 0.3) is 11.0 Å². The topological polar surface area (TPSA) is 65.7 Å². The lowest BCUT2D eigenvalue weighted by Gasteiger charge is -2.12. The second-order valence-electron chi connectivity index (χ2n) is 5.70. The van der Waals surface area contributed by atoms with Crippen LogP contribution in [0, 0.1) is 0 Å². The Labute approximate surface area is 155 Å². The van der Waals surface area contributed by atoms with Crippen LogP contribution in [0.15, 0.2) is 45.6 Å². The van der Waals surface area contributed by atoms with Crippen molar-refractivity contribution in [1.82, 2.24) is 0 Å². The number of rotatable bonds is 6. The van der Waals surface area contributed by atoms with Gasteiger partial charge in [-0.2, -0.15) is 0 Å². The van der Waals surface area contributed by atoms with E-state index in [2.05, 4.69) is 0 Å². The molecule has 1 heterocycles. The second-order valence-corrected chi connectivity index (χ2v) is 6.11. The first-order valence-corrected chi connectivity index (χ1v) is 8.44. The number of fused-ring (bicyclic) bond motifs is 1. The van der Waals surface area contributed by atoms with E-state index in [9.17, 15) is 9.59 Å². The molecule has 5 nitrogen and oxygen atoms in total. The molecular weight excluding hydrogens is 356 g/mol. The number of ether oxygens (including phenoxy) is 2. The number of hydrogen-bond donors (Lipinski definition) is 0. The van der Waals surface area contributed by atoms with Crippen LogP contribution in [-0.2, 0) is 13.0 Å². The van der Waals surface area contributed by atoms with E-state index < -0.39 is 5.63 Å². The van der Waals surface area contributed by atoms with Crippen LogP contribution in [0.5, 0.6) is 11.5 Å². The summed E-state index contributed by atoms with van der Waals surface area (Å²) in [5.74, 6) is 0.906. The van der Waals surface area contributed by atoms with Crippen molar-refractivity contribution in [1.29, 1.82) is 0 Å². The molecule has 3 rings (SSSR count). The third-order valence-electron chi connectivity index (χ3n) is 4.09. The number of hydrogen-bond acceptors (Lipinski definition) is 5. The van der Waals surface area contributed by atoms with Crippen LogP contribution in [0.4, 0.5) is 0 Å². The third-order valence-corrected chi connectivity index (χ3v) is 4.44. The molecule has 3 aromatic rings. The van der Waals surface area contributed by atoms with Gasteiger partial charge in [0.05, 0.1) is 7.11 Å². The van der Waals surface area contributed by atoms with Crippen LogP contribution >= 0.6 is 11.6 Å². The minimum atomic E-state index is -0.455. The highest BCUT2D eigenvalue weighted by Crippen LogP contribution is 2.30. The fraction of sp³-hybridized carbons (Fsp3) is 0.200. The summed E-state index contributed by atoms with van der Waals surface area (Å²) in [4.78, 5) is 22.8. The normalized spacial score (nSPS) is 10.7. The van der Waals surface area contributed by atoms with Crippen LogP contribution in [0.2, 0.25) is 5.02 Å². The quantitative estimate of drug-likeness (QED) is 0.473. The van der Waals surface area contributed by atoms with E-state index in [-0.39, 0.29) is 6.61 Å². The molecule has 0 N–H and O–H groups in total. The Kier molecular flexibility index (Phi) is 5.28. The molecule has 134 valence electrons. The minimum Gasteiger partial charge on any atom is -0.493 e. The van der Waals surface area contributed by atoms with Crippen LogP contribution in [-0.4, -0.2) is 13.4 Å². The van der Waals surface area contributed by atoms with E-state index in [4.69, 9.17) is 25.5 Å². The highest BCUT2D eigenvalue weighted by atomic mass is 35.5. The molecule has 0 atom stereocenters. The van der Waals surface area contributed by atoms with Gasteiger partial charge in [-0.3, -0.25) is 4.79 Å². The average Bonchev–Trinajstić information content (AvgIpc) is 2.65. The van der Waals surface area contributed by atoms with Crippen molar-refractivity contribution in [2.24, 2.45) is 0 Å². The summed E-state index contributed by atoms with van der Waals surface area (Å²) in [7, 11) is 1.50. The summed E-state index contributed by atoms with van der Waals surface area (Å²) < 4.78 is 16.4. The Balaban J connectivity index is 1.98. The molecule has 0 fully saturated rings. The zero-order chi connectivity index (χ0) is 18.7. The number of benzene rings is 2. The molecule has 0 aliphatic heterocycles. The van der Waals surface area contributed by atoms with Gasteiger partial charge < -0.3 is 13.9 Å². The van der Waals surface area contributed by atoms with Crippen LogP contribution in [0.1, 0.15) is 28.4 Å². The summed E-state index contributed by atoms with van der Waals surface area (Å²) >= 11 is 6.30. The fourth-order valence-electron chi connectivity index (χ4n) is 2.71. The summed E-state index contributed by atoms with van der Waals surface area (Å²) in [5, 5.41) is 1.33. The van der Waals surface area contributed by atoms with Gasteiger partial charge in [0.25, 0.3) is 0 Å². The van der Waals surface area contributed by atoms with Crippen molar-refractivity contribution in [3.8, 4) is 11.5 Å². The van der Waals surface area contributed by atoms with E-state index in [1.165, 1.54) is 13.2 Å². The van der Waals surface area contributed by atoms with E-state index in [0.717, 1.165) is 23.7 Å². The zero-order valence-electron chi connectivity index (χ0n) is 14.4. The predicted molar refractivity (Wildman–Crippen MR) is 99.6 cm³/mol. The van der Waals surface area contributed by atoms with Gasteiger partial charge in [0.1, 0.15) is 18.5 Å². The summed E-state index contributed by atoms with van der Waals surface area (Å²) in [6, 6.07) is 9.82. The molecule has 0 saturated carbocycles. The van der Waals surface area contributed by atoms with E-state index in [1.807, 2.05) is 6.92 Å². The molecule has 0 unspecified atom stereocenters. The van der Waals surface area contributed by atoms with Crippen LogP contribution < -0.4 is 15.1 Å². The number of aryl methyl sites for hydroxylation is 1. The van der Waals surface area contributed by atoms with Crippen LogP contribution in [0.3, 0.4) is 0 Å². The van der Waals surface area contributed by atoms with Gasteiger partial charge in [0, 0.05) is 27.6 Å². The molecule has 0 radical (unpaired) electrons. The highest BCUT2D eigenvalue weighted by Gasteiger charge is 2.12. The maximum absolute atomic E-state index is 11.9. The van der Waals surface area contributed by atoms with E-state index >= 15 is 0 Å². The molecule has 1 aromatic heterocycles. The first-order chi connectivity index (χ1) is 12.5. The Hall–Kier alpha value is -2.79. The van der Waals surface area contributed by atoms with Crippen molar-refractivity contribution < 1.29 is 18.7 Å². The van der Waals surface area contributed by atoms with Crippen molar-refractivity contribution in [3.63, 3.8) is 0 Å². The van der Waals surface area contributed by atoms with Gasteiger partial charge >= 0.3 is 5.63 Å². The monoisotopic (exact) mass is 372 g/mol. The van der Waals surface area contributed by atoms with Gasteiger partial charge in [0.2, 0.25) is 0 Å². The maximum Gasteiger partial charge on any atom is 0.336 e. The highest BCUT2D eigenvalue weighted by molar-refractivity contribution is 6.32. The molecule has 2 aromatic carbocycles. The third kappa shape index (κ3) is 3.58. The number of aldehydes is 1. The largest absolute Gasteiger partial charge is 0.493 e. The lowest BCUT2D eigenvalue weighted by atomic mass is 10.1. The molecule has 6 heteroatoms. The molecule has 0 bridgehead atoms. The standard InChI is InChI=1S/C20H17ClO5/c1-3-13-7-18-15(9-16(13)21)14(8-20(23)26-18)11-25-17-5-4-12(10-22)6-19(17)24-2/h4-10H,3,11H2,1-2H3. The van der Waals surface area contributed by atoms with Gasteiger partial charge in [0.15, 0.2) is 11.5 Å². The fourth-order valence-corrected chi connectivity index (χ4v) is 3.01. The molecule has 26 heavy (non-hydrogen) atoms. The lowest BCUT2D eigenvalue weighted by Crippen LogP contribution is -2.05. The first-order valence-electron chi connectivity index (χ1n) is 8.07.